The van der Waals surface area contributed by atoms with Crippen LogP contribution < -0.4 is 5.32 Å². The smallest absolute Gasteiger partial charge is 0.248 e. The number of rotatable bonds is 6. The largest absolute Gasteiger partial charge is 0.457 e. The zero-order valence-corrected chi connectivity index (χ0v) is 21.1. The molecule has 2 aromatic carbocycles. The van der Waals surface area contributed by atoms with E-state index in [0.717, 1.165) is 33.3 Å². The molecule has 35 heavy (non-hydrogen) atoms. The van der Waals surface area contributed by atoms with Crippen molar-refractivity contribution in [3.05, 3.63) is 81.8 Å². The summed E-state index contributed by atoms with van der Waals surface area (Å²) in [5.41, 5.74) is 3.21. The van der Waals surface area contributed by atoms with Crippen molar-refractivity contribution in [3.63, 3.8) is 0 Å². The van der Waals surface area contributed by atoms with Crippen LogP contribution in [0.5, 0.6) is 0 Å². The molecule has 0 radical (unpaired) electrons. The fourth-order valence-corrected chi connectivity index (χ4v) is 4.75. The van der Waals surface area contributed by atoms with Gasteiger partial charge in [-0.3, -0.25) is 4.79 Å². The zero-order valence-electron chi connectivity index (χ0n) is 18.8. The van der Waals surface area contributed by atoms with Gasteiger partial charge in [-0.1, -0.05) is 59.7 Å². The number of aryl methyl sites for hydroxylation is 2. The molecule has 3 heterocycles. The average Bonchev–Trinajstić information content (AvgIpc) is 3.57. The summed E-state index contributed by atoms with van der Waals surface area (Å²) in [4.78, 5) is 13.4. The van der Waals surface area contributed by atoms with Crippen LogP contribution in [-0.4, -0.2) is 25.7 Å². The SMILES string of the molecule is CCc1nnc2sc(-c3ccc(C)c(NC(=O)/C=C/c4ccc(-c5cccc(Cl)c5Cl)o4)c3)nn12. The minimum absolute atomic E-state index is 0.282. The van der Waals surface area contributed by atoms with Crippen LogP contribution in [0.15, 0.2) is 59.0 Å². The Kier molecular flexibility index (Phi) is 6.42. The molecule has 0 atom stereocenters. The van der Waals surface area contributed by atoms with Crippen LogP contribution >= 0.6 is 34.5 Å². The van der Waals surface area contributed by atoms with Gasteiger partial charge in [-0.25, -0.2) is 0 Å². The van der Waals surface area contributed by atoms with E-state index in [4.69, 9.17) is 27.6 Å². The number of carbonyl (C=O) groups excluding carboxylic acids is 1. The van der Waals surface area contributed by atoms with Crippen molar-refractivity contribution in [2.75, 3.05) is 5.32 Å². The molecule has 0 aliphatic rings. The Morgan fingerprint density at radius 2 is 2.03 bits per heavy atom. The number of aromatic nitrogens is 4. The van der Waals surface area contributed by atoms with Crippen LogP contribution in [0.3, 0.4) is 0 Å². The summed E-state index contributed by atoms with van der Waals surface area (Å²) >= 11 is 13.8. The Hall–Kier alpha value is -3.46. The topological polar surface area (TPSA) is 85.3 Å². The van der Waals surface area contributed by atoms with Crippen molar-refractivity contribution in [2.45, 2.75) is 20.3 Å². The predicted molar refractivity (Wildman–Crippen MR) is 140 cm³/mol. The predicted octanol–water partition coefficient (Wildman–Crippen LogP) is 6.94. The molecule has 176 valence electrons. The second kappa shape index (κ2) is 9.65. The molecular formula is C25H19Cl2N5O2S. The summed E-state index contributed by atoms with van der Waals surface area (Å²) in [7, 11) is 0. The zero-order chi connectivity index (χ0) is 24.5. The van der Waals surface area contributed by atoms with Gasteiger partial charge in [-0.15, -0.1) is 10.2 Å². The molecule has 1 N–H and O–H groups in total. The van der Waals surface area contributed by atoms with E-state index in [9.17, 15) is 4.79 Å². The molecule has 0 bridgehead atoms. The number of hydrogen-bond donors (Lipinski definition) is 1. The summed E-state index contributed by atoms with van der Waals surface area (Å²) in [6, 6.07) is 14.7. The average molecular weight is 524 g/mol. The molecule has 7 nitrogen and oxygen atoms in total. The molecule has 5 aromatic rings. The highest BCUT2D eigenvalue weighted by atomic mass is 35.5. The van der Waals surface area contributed by atoms with E-state index in [-0.39, 0.29) is 5.91 Å². The van der Waals surface area contributed by atoms with Crippen molar-refractivity contribution >= 4 is 57.2 Å². The van der Waals surface area contributed by atoms with Crippen molar-refractivity contribution in [2.24, 2.45) is 0 Å². The fraction of sp³-hybridized carbons (Fsp3) is 0.120. The van der Waals surface area contributed by atoms with Crippen molar-refractivity contribution in [1.29, 1.82) is 0 Å². The Bertz CT molecular complexity index is 1580. The molecule has 0 unspecified atom stereocenters. The van der Waals surface area contributed by atoms with Crippen LogP contribution in [0.2, 0.25) is 10.0 Å². The number of nitrogens with zero attached hydrogens (tertiary/aromatic N) is 4. The maximum Gasteiger partial charge on any atom is 0.248 e. The number of nitrogens with one attached hydrogen (secondary N) is 1. The summed E-state index contributed by atoms with van der Waals surface area (Å²) in [5.74, 6) is 1.61. The van der Waals surface area contributed by atoms with E-state index < -0.39 is 0 Å². The molecular weight excluding hydrogens is 505 g/mol. The fourth-order valence-electron chi connectivity index (χ4n) is 3.50. The van der Waals surface area contributed by atoms with Gasteiger partial charge in [-0.2, -0.15) is 9.61 Å². The Labute approximate surface area is 215 Å². The van der Waals surface area contributed by atoms with Gasteiger partial charge in [0, 0.05) is 29.3 Å². The van der Waals surface area contributed by atoms with Gasteiger partial charge in [0.2, 0.25) is 10.9 Å². The lowest BCUT2D eigenvalue weighted by Crippen LogP contribution is -2.09. The standard InChI is InChI=1S/C25H19Cl2N5O2S/c1-3-21-29-30-25-32(21)31-24(35-25)15-8-7-14(2)19(13-15)28-22(33)12-10-16-9-11-20(34-16)17-5-4-6-18(26)23(17)27/h4-13H,3H2,1-2H3,(H,28,33)/b12-10+. The van der Waals surface area contributed by atoms with Gasteiger partial charge in [0.15, 0.2) is 5.82 Å². The van der Waals surface area contributed by atoms with Gasteiger partial charge in [-0.05, 0) is 48.9 Å². The molecule has 0 saturated carbocycles. The number of amides is 1. The van der Waals surface area contributed by atoms with Crippen molar-refractivity contribution in [1.82, 2.24) is 19.8 Å². The molecule has 1 amide bonds. The highest BCUT2D eigenvalue weighted by molar-refractivity contribution is 7.19. The molecule has 10 heteroatoms. The lowest BCUT2D eigenvalue weighted by Gasteiger charge is -2.08. The Morgan fingerprint density at radius 1 is 1.17 bits per heavy atom. The normalized spacial score (nSPS) is 11.5. The third-order valence-electron chi connectivity index (χ3n) is 5.36. The van der Waals surface area contributed by atoms with Gasteiger partial charge in [0.1, 0.15) is 16.5 Å². The minimum Gasteiger partial charge on any atom is -0.457 e. The van der Waals surface area contributed by atoms with Crippen LogP contribution in [0.1, 0.15) is 24.1 Å². The summed E-state index contributed by atoms with van der Waals surface area (Å²) < 4.78 is 7.58. The molecule has 0 saturated heterocycles. The van der Waals surface area contributed by atoms with Crippen molar-refractivity contribution in [3.8, 4) is 21.9 Å². The van der Waals surface area contributed by atoms with Crippen LogP contribution in [0.4, 0.5) is 5.69 Å². The quantitative estimate of drug-likeness (QED) is 0.243. The summed E-state index contributed by atoms with van der Waals surface area (Å²) in [6.45, 7) is 3.95. The maximum absolute atomic E-state index is 12.6. The van der Waals surface area contributed by atoms with Crippen LogP contribution in [0.25, 0.3) is 32.9 Å². The maximum atomic E-state index is 12.6. The third-order valence-corrected chi connectivity index (χ3v) is 7.12. The van der Waals surface area contributed by atoms with E-state index in [1.807, 2.05) is 38.1 Å². The first-order valence-corrected chi connectivity index (χ1v) is 12.4. The second-order valence-corrected chi connectivity index (χ2v) is 9.47. The number of carbonyl (C=O) groups is 1. The number of furan rings is 1. The van der Waals surface area contributed by atoms with E-state index in [2.05, 4.69) is 20.6 Å². The Morgan fingerprint density at radius 3 is 2.86 bits per heavy atom. The van der Waals surface area contributed by atoms with E-state index in [0.29, 0.717) is 32.8 Å². The minimum atomic E-state index is -0.282. The number of fused-ring (bicyclic) bond motifs is 1. The first-order chi connectivity index (χ1) is 16.9. The van der Waals surface area contributed by atoms with E-state index in [1.54, 1.807) is 34.9 Å². The lowest BCUT2D eigenvalue weighted by atomic mass is 10.1. The highest BCUT2D eigenvalue weighted by Crippen LogP contribution is 2.34. The molecule has 0 aliphatic heterocycles. The monoisotopic (exact) mass is 523 g/mol. The Balaban J connectivity index is 1.32. The van der Waals surface area contributed by atoms with Crippen LogP contribution in [0, 0.1) is 6.92 Å². The molecule has 5 rings (SSSR count). The molecule has 0 spiro atoms. The van der Waals surface area contributed by atoms with Gasteiger partial charge in [0.25, 0.3) is 0 Å². The van der Waals surface area contributed by atoms with Gasteiger partial charge in [0.05, 0.1) is 10.0 Å². The van der Waals surface area contributed by atoms with Crippen molar-refractivity contribution < 1.29 is 9.21 Å². The number of hydrogen-bond acceptors (Lipinski definition) is 6. The number of benzene rings is 2. The lowest BCUT2D eigenvalue weighted by molar-refractivity contribution is -0.111. The highest BCUT2D eigenvalue weighted by Gasteiger charge is 2.14. The van der Waals surface area contributed by atoms with E-state index in [1.165, 1.54) is 17.4 Å². The number of anilines is 1. The molecule has 0 fully saturated rings. The first kappa shape index (κ1) is 23.3. The van der Waals surface area contributed by atoms with E-state index >= 15 is 0 Å². The third kappa shape index (κ3) is 4.73. The molecule has 0 aliphatic carbocycles. The van der Waals surface area contributed by atoms with Crippen LogP contribution in [-0.2, 0) is 11.2 Å². The van der Waals surface area contributed by atoms with Gasteiger partial charge < -0.3 is 9.73 Å². The summed E-state index contributed by atoms with van der Waals surface area (Å²) in [6.07, 6.45) is 3.77. The summed E-state index contributed by atoms with van der Waals surface area (Å²) in [5, 5.41) is 17.5. The van der Waals surface area contributed by atoms with Gasteiger partial charge >= 0.3 is 0 Å². The second-order valence-electron chi connectivity index (χ2n) is 7.73. The first-order valence-electron chi connectivity index (χ1n) is 10.8. The molecule has 3 aromatic heterocycles. The number of halogens is 2.